The molecule has 0 unspecified atom stereocenters. The van der Waals surface area contributed by atoms with Crippen molar-refractivity contribution in [3.8, 4) is 0 Å². The van der Waals surface area contributed by atoms with E-state index in [2.05, 4.69) is 0 Å². The lowest BCUT2D eigenvalue weighted by molar-refractivity contribution is -0.125. The Kier molecular flexibility index (Phi) is 4.08. The third-order valence-electron chi connectivity index (χ3n) is 7.47. The Labute approximate surface area is 195 Å². The maximum absolute atomic E-state index is 13.5. The summed E-state index contributed by atoms with van der Waals surface area (Å²) in [6.07, 6.45) is -0.915. The third kappa shape index (κ3) is 2.56. The molecule has 0 radical (unpaired) electrons. The van der Waals surface area contributed by atoms with Gasteiger partial charge in [0, 0.05) is 0 Å². The number of nitrogens with zero attached hydrogens (tertiary/aromatic N) is 3. The Hall–Kier alpha value is -3.84. The molecular formula is C27H20FN3O3. The molecule has 3 saturated heterocycles. The van der Waals surface area contributed by atoms with Gasteiger partial charge in [0.05, 0.1) is 53.1 Å². The van der Waals surface area contributed by atoms with Gasteiger partial charge in [0.1, 0.15) is 5.82 Å². The quantitative estimate of drug-likeness (QED) is 0.569. The van der Waals surface area contributed by atoms with Crippen LogP contribution in [0, 0.1) is 23.6 Å². The normalized spacial score (nSPS) is 31.1. The minimum Gasteiger partial charge on any atom is -0.370 e. The smallest absolute Gasteiger partial charge is 0.240 e. The molecule has 0 aliphatic carbocycles. The Morgan fingerprint density at radius 3 is 2.00 bits per heavy atom. The number of imide groups is 1. The fourth-order valence-corrected chi connectivity index (χ4v) is 6.13. The number of halogens is 1. The SMILES string of the molecule is O=C1[C@@H]2[C@@H]3O[C@@H]([C@H]4C(c5ccccc5)=NN(c5ccccc5)[C@@H]34)[C@@H]2C(=O)N1c1ccc(F)cc1. The van der Waals surface area contributed by atoms with Crippen LogP contribution in [0.1, 0.15) is 5.56 Å². The molecule has 2 amide bonds. The zero-order chi connectivity index (χ0) is 23.0. The molecule has 0 aromatic heterocycles. The molecular weight excluding hydrogens is 433 g/mol. The Bertz CT molecular complexity index is 1330. The first-order valence-corrected chi connectivity index (χ1v) is 11.4. The lowest BCUT2D eigenvalue weighted by atomic mass is 9.70. The largest absolute Gasteiger partial charge is 0.370 e. The topological polar surface area (TPSA) is 62.2 Å². The van der Waals surface area contributed by atoms with Crippen LogP contribution in [0.5, 0.6) is 0 Å². The highest BCUT2D eigenvalue weighted by Crippen LogP contribution is 2.56. The summed E-state index contributed by atoms with van der Waals surface area (Å²) >= 11 is 0. The van der Waals surface area contributed by atoms with Crippen LogP contribution in [0.2, 0.25) is 0 Å². The summed E-state index contributed by atoms with van der Waals surface area (Å²) in [6, 6.07) is 25.1. The predicted octanol–water partition coefficient (Wildman–Crippen LogP) is 3.62. The van der Waals surface area contributed by atoms with Crippen LogP contribution in [0.3, 0.4) is 0 Å². The molecule has 6 nitrogen and oxygen atoms in total. The van der Waals surface area contributed by atoms with Gasteiger partial charge in [-0.3, -0.25) is 14.6 Å². The fourth-order valence-electron chi connectivity index (χ4n) is 6.13. The lowest BCUT2D eigenvalue weighted by Crippen LogP contribution is -2.50. The number of para-hydroxylation sites is 1. The predicted molar refractivity (Wildman–Crippen MR) is 124 cm³/mol. The molecule has 4 aliphatic rings. The van der Waals surface area contributed by atoms with Crippen LogP contribution in [-0.4, -0.2) is 35.8 Å². The van der Waals surface area contributed by atoms with Crippen LogP contribution in [0.4, 0.5) is 15.8 Å². The molecule has 4 aliphatic heterocycles. The summed E-state index contributed by atoms with van der Waals surface area (Å²) in [5.74, 6) is -2.28. The number of carbonyl (C=O) groups excluding carboxylic acids is 2. The third-order valence-corrected chi connectivity index (χ3v) is 7.47. The molecule has 168 valence electrons. The molecule has 7 heteroatoms. The van der Waals surface area contributed by atoms with Crippen molar-refractivity contribution in [3.63, 3.8) is 0 Å². The molecule has 0 saturated carbocycles. The number of ether oxygens (including phenoxy) is 1. The van der Waals surface area contributed by atoms with E-state index in [1.165, 1.54) is 29.2 Å². The molecule has 3 aromatic rings. The number of carbonyl (C=O) groups is 2. The summed E-state index contributed by atoms with van der Waals surface area (Å²) in [5, 5.41) is 6.97. The van der Waals surface area contributed by atoms with Gasteiger partial charge in [-0.15, -0.1) is 0 Å². The maximum atomic E-state index is 13.5. The minimum absolute atomic E-state index is 0.140. The second kappa shape index (κ2) is 7.08. The van der Waals surface area contributed by atoms with Gasteiger partial charge in [0.25, 0.3) is 0 Å². The molecule has 3 aromatic carbocycles. The van der Waals surface area contributed by atoms with Gasteiger partial charge in [-0.2, -0.15) is 5.10 Å². The first kappa shape index (κ1) is 19.6. The van der Waals surface area contributed by atoms with E-state index in [0.717, 1.165) is 17.0 Å². The van der Waals surface area contributed by atoms with E-state index in [-0.39, 0.29) is 23.8 Å². The van der Waals surface area contributed by atoms with Crippen molar-refractivity contribution < 1.29 is 18.7 Å². The van der Waals surface area contributed by atoms with Gasteiger partial charge >= 0.3 is 0 Å². The number of rotatable bonds is 3. The van der Waals surface area contributed by atoms with E-state index < -0.39 is 29.9 Å². The Morgan fingerprint density at radius 2 is 1.32 bits per heavy atom. The van der Waals surface area contributed by atoms with Gasteiger partial charge in [0.2, 0.25) is 11.8 Å². The summed E-state index contributed by atoms with van der Waals surface area (Å²) in [5.41, 5.74) is 3.17. The second-order valence-electron chi connectivity index (χ2n) is 9.15. The number of hydrogen-bond donors (Lipinski definition) is 0. The average Bonchev–Trinajstić information content (AvgIpc) is 3.60. The number of anilines is 2. The minimum atomic E-state index is -0.583. The Balaban J connectivity index is 1.32. The van der Waals surface area contributed by atoms with Crippen LogP contribution < -0.4 is 9.91 Å². The van der Waals surface area contributed by atoms with E-state index >= 15 is 0 Å². The van der Waals surface area contributed by atoms with E-state index in [4.69, 9.17) is 9.84 Å². The lowest BCUT2D eigenvalue weighted by Gasteiger charge is -2.32. The molecule has 6 atom stereocenters. The molecule has 0 N–H and O–H groups in total. The van der Waals surface area contributed by atoms with Gasteiger partial charge in [-0.1, -0.05) is 48.5 Å². The number of benzene rings is 3. The molecule has 2 bridgehead atoms. The number of fused-ring (bicyclic) bond motifs is 8. The van der Waals surface area contributed by atoms with Gasteiger partial charge in [-0.05, 0) is 42.0 Å². The van der Waals surface area contributed by atoms with Gasteiger partial charge in [0.15, 0.2) is 0 Å². The highest BCUT2D eigenvalue weighted by Gasteiger charge is 2.72. The molecule has 0 spiro atoms. The van der Waals surface area contributed by atoms with Crippen LogP contribution in [0.15, 0.2) is 90.0 Å². The maximum Gasteiger partial charge on any atom is 0.240 e. The first-order valence-electron chi connectivity index (χ1n) is 11.4. The van der Waals surface area contributed by atoms with Crippen LogP contribution in [0.25, 0.3) is 0 Å². The number of hydrazone groups is 1. The van der Waals surface area contributed by atoms with E-state index in [1.807, 2.05) is 65.7 Å². The van der Waals surface area contributed by atoms with E-state index in [0.29, 0.717) is 5.69 Å². The molecule has 4 heterocycles. The molecule has 34 heavy (non-hydrogen) atoms. The van der Waals surface area contributed by atoms with Crippen molar-refractivity contribution in [3.05, 3.63) is 96.3 Å². The van der Waals surface area contributed by atoms with Crippen molar-refractivity contribution in [1.29, 1.82) is 0 Å². The van der Waals surface area contributed by atoms with Crippen molar-refractivity contribution in [1.82, 2.24) is 0 Å². The summed E-state index contributed by atoms with van der Waals surface area (Å²) in [6.45, 7) is 0. The van der Waals surface area contributed by atoms with Crippen molar-refractivity contribution in [2.45, 2.75) is 18.2 Å². The highest BCUT2D eigenvalue weighted by atomic mass is 19.1. The van der Waals surface area contributed by atoms with Gasteiger partial charge in [-0.25, -0.2) is 9.29 Å². The standard InChI is InChI=1S/C27H20FN3O3/c28-16-11-13-17(14-12-16)30-26(32)19-20(27(30)33)25-23-21(24(19)34-25)22(15-7-3-1-4-8-15)29-31(23)18-9-5-2-6-10-18/h1-14,19-21,23-25H/t19-,20+,21+,23-,24-,25+/m1/s1. The monoisotopic (exact) mass is 453 g/mol. The average molecular weight is 453 g/mol. The zero-order valence-corrected chi connectivity index (χ0v) is 18.0. The second-order valence-corrected chi connectivity index (χ2v) is 9.15. The summed E-state index contributed by atoms with van der Waals surface area (Å²) < 4.78 is 19.9. The van der Waals surface area contributed by atoms with Crippen molar-refractivity contribution in [2.24, 2.45) is 22.9 Å². The van der Waals surface area contributed by atoms with Crippen molar-refractivity contribution >= 4 is 28.9 Å². The highest BCUT2D eigenvalue weighted by molar-refractivity contribution is 6.23. The molecule has 7 rings (SSSR count). The zero-order valence-electron chi connectivity index (χ0n) is 18.0. The summed E-state index contributed by atoms with van der Waals surface area (Å²) in [7, 11) is 0. The Morgan fingerprint density at radius 1 is 0.706 bits per heavy atom. The first-order chi connectivity index (χ1) is 16.6. The van der Waals surface area contributed by atoms with Crippen LogP contribution in [-0.2, 0) is 14.3 Å². The fraction of sp³-hybridized carbons (Fsp3) is 0.222. The van der Waals surface area contributed by atoms with E-state index in [1.54, 1.807) is 0 Å². The number of amides is 2. The number of hydrogen-bond acceptors (Lipinski definition) is 5. The summed E-state index contributed by atoms with van der Waals surface area (Å²) in [4.78, 5) is 28.3. The van der Waals surface area contributed by atoms with Crippen molar-refractivity contribution in [2.75, 3.05) is 9.91 Å². The van der Waals surface area contributed by atoms with Crippen LogP contribution >= 0.6 is 0 Å². The molecule has 3 fully saturated rings. The van der Waals surface area contributed by atoms with E-state index in [9.17, 15) is 14.0 Å². The van der Waals surface area contributed by atoms with Gasteiger partial charge < -0.3 is 4.74 Å².